The Balaban J connectivity index is 2.12. The maximum Gasteiger partial charge on any atom is 0.181 e. The van der Waals surface area contributed by atoms with Crippen LogP contribution in [0.4, 0.5) is 0 Å². The van der Waals surface area contributed by atoms with Gasteiger partial charge in [0.1, 0.15) is 0 Å². The van der Waals surface area contributed by atoms with E-state index < -0.39 is 5.79 Å². The summed E-state index contributed by atoms with van der Waals surface area (Å²) in [6, 6.07) is 0. The topological polar surface area (TPSA) is 52.6 Å². The molecule has 1 fully saturated rings. The van der Waals surface area contributed by atoms with Gasteiger partial charge < -0.3 is 9.47 Å². The average molecular weight is 234 g/mol. The highest BCUT2D eigenvalue weighted by Crippen LogP contribution is 2.56. The van der Waals surface area contributed by atoms with E-state index in [4.69, 9.17) is 9.47 Å². The van der Waals surface area contributed by atoms with Gasteiger partial charge >= 0.3 is 0 Å². The van der Waals surface area contributed by atoms with Crippen molar-refractivity contribution < 1.29 is 19.1 Å². The molecule has 0 heterocycles. The molecular formula is C13H14O4. The van der Waals surface area contributed by atoms with Gasteiger partial charge in [-0.05, 0) is 12.2 Å². The van der Waals surface area contributed by atoms with Crippen molar-refractivity contribution in [2.24, 2.45) is 23.7 Å². The fourth-order valence-corrected chi connectivity index (χ4v) is 3.63. The third kappa shape index (κ3) is 1.10. The smallest absolute Gasteiger partial charge is 0.181 e. The molecule has 0 aromatic carbocycles. The van der Waals surface area contributed by atoms with Crippen LogP contribution in [0.5, 0.6) is 0 Å². The molecule has 0 spiro atoms. The molecule has 4 atom stereocenters. The minimum absolute atomic E-state index is 0.0121. The molecule has 0 aromatic heterocycles. The summed E-state index contributed by atoms with van der Waals surface area (Å²) >= 11 is 0. The van der Waals surface area contributed by atoms with E-state index in [0.29, 0.717) is 0 Å². The summed E-state index contributed by atoms with van der Waals surface area (Å²) in [5.41, 5.74) is 0. The molecule has 3 rings (SSSR count). The zero-order valence-corrected chi connectivity index (χ0v) is 9.75. The molecule has 0 aliphatic heterocycles. The van der Waals surface area contributed by atoms with Crippen LogP contribution in [-0.4, -0.2) is 31.6 Å². The molecule has 90 valence electrons. The summed E-state index contributed by atoms with van der Waals surface area (Å²) in [5.74, 6) is -1.80. The van der Waals surface area contributed by atoms with Crippen LogP contribution >= 0.6 is 0 Å². The molecular weight excluding hydrogens is 220 g/mol. The minimum Gasteiger partial charge on any atom is -0.352 e. The minimum atomic E-state index is -0.874. The fourth-order valence-electron chi connectivity index (χ4n) is 3.63. The number of ether oxygens (including phenoxy) is 2. The van der Waals surface area contributed by atoms with Crippen LogP contribution in [0.15, 0.2) is 24.3 Å². The average Bonchev–Trinajstić information content (AvgIpc) is 2.94. The Morgan fingerprint density at radius 3 is 1.71 bits per heavy atom. The lowest BCUT2D eigenvalue weighted by atomic mass is 9.87. The quantitative estimate of drug-likeness (QED) is 0.661. The molecule has 0 amide bonds. The maximum absolute atomic E-state index is 11.9. The largest absolute Gasteiger partial charge is 0.352 e. The lowest BCUT2D eigenvalue weighted by Crippen LogP contribution is -2.43. The van der Waals surface area contributed by atoms with Crippen molar-refractivity contribution in [1.82, 2.24) is 0 Å². The third-order valence-electron chi connectivity index (χ3n) is 4.32. The molecule has 0 saturated heterocycles. The van der Waals surface area contributed by atoms with Crippen LogP contribution in [0.2, 0.25) is 0 Å². The van der Waals surface area contributed by atoms with E-state index >= 15 is 0 Å². The summed E-state index contributed by atoms with van der Waals surface area (Å²) in [4.78, 5) is 23.8. The van der Waals surface area contributed by atoms with Gasteiger partial charge in [-0.1, -0.05) is 12.2 Å². The van der Waals surface area contributed by atoms with Gasteiger partial charge in [0.25, 0.3) is 0 Å². The lowest BCUT2D eigenvalue weighted by Gasteiger charge is -2.34. The Labute approximate surface area is 99.3 Å². The zero-order chi connectivity index (χ0) is 12.2. The van der Waals surface area contributed by atoms with E-state index in [0.717, 1.165) is 0 Å². The number of methoxy groups -OCH3 is 2. The SMILES string of the molecule is COC1(OC)[C@@H]2C=CC(=O)[C@@H]2[C@@H]2C(=O)C=C[C@@H]21. The molecule has 4 nitrogen and oxygen atoms in total. The Bertz CT molecular complexity index is 406. The first-order valence-electron chi connectivity index (χ1n) is 5.70. The lowest BCUT2D eigenvalue weighted by molar-refractivity contribution is -0.238. The second kappa shape index (κ2) is 3.37. The van der Waals surface area contributed by atoms with Crippen LogP contribution < -0.4 is 0 Å². The summed E-state index contributed by atoms with van der Waals surface area (Å²) in [6.45, 7) is 0. The summed E-state index contributed by atoms with van der Waals surface area (Å²) in [5, 5.41) is 0. The first kappa shape index (κ1) is 10.9. The van der Waals surface area contributed by atoms with Gasteiger partial charge in [0.05, 0.1) is 0 Å². The second-order valence-corrected chi connectivity index (χ2v) is 4.76. The fraction of sp³-hybridized carbons (Fsp3) is 0.538. The van der Waals surface area contributed by atoms with Crippen molar-refractivity contribution in [3.8, 4) is 0 Å². The van der Waals surface area contributed by atoms with Crippen molar-refractivity contribution >= 4 is 11.6 Å². The predicted molar refractivity (Wildman–Crippen MR) is 59.0 cm³/mol. The number of ketones is 2. The van der Waals surface area contributed by atoms with Gasteiger partial charge in [0.2, 0.25) is 0 Å². The highest BCUT2D eigenvalue weighted by Gasteiger charge is 2.66. The first-order chi connectivity index (χ1) is 8.15. The van der Waals surface area contributed by atoms with E-state index in [2.05, 4.69) is 0 Å². The summed E-state index contributed by atoms with van der Waals surface area (Å²) in [7, 11) is 3.13. The van der Waals surface area contributed by atoms with E-state index in [1.54, 1.807) is 26.4 Å². The van der Waals surface area contributed by atoms with Crippen molar-refractivity contribution in [3.05, 3.63) is 24.3 Å². The summed E-state index contributed by atoms with van der Waals surface area (Å²) in [6.07, 6.45) is 6.73. The van der Waals surface area contributed by atoms with Crippen molar-refractivity contribution in [3.63, 3.8) is 0 Å². The highest BCUT2D eigenvalue weighted by molar-refractivity contribution is 6.04. The Kier molecular flexibility index (Phi) is 2.15. The number of hydrogen-bond donors (Lipinski definition) is 0. The third-order valence-corrected chi connectivity index (χ3v) is 4.32. The highest BCUT2D eigenvalue weighted by atomic mass is 16.7. The summed E-state index contributed by atoms with van der Waals surface area (Å²) < 4.78 is 11.1. The van der Waals surface area contributed by atoms with E-state index in [1.807, 2.05) is 12.2 Å². The number of carbonyl (C=O) groups is 2. The van der Waals surface area contributed by atoms with Crippen LogP contribution in [0, 0.1) is 23.7 Å². The number of rotatable bonds is 2. The second-order valence-electron chi connectivity index (χ2n) is 4.76. The molecule has 4 heteroatoms. The number of allylic oxidation sites excluding steroid dienone is 2. The zero-order valence-electron chi connectivity index (χ0n) is 9.75. The van der Waals surface area contributed by atoms with Crippen LogP contribution in [0.1, 0.15) is 0 Å². The molecule has 0 aromatic rings. The molecule has 1 saturated carbocycles. The predicted octanol–water partition coefficient (Wildman–Crippen LogP) is 0.732. The number of hydrogen-bond acceptors (Lipinski definition) is 4. The van der Waals surface area contributed by atoms with Gasteiger partial charge in [-0.3, -0.25) is 9.59 Å². The van der Waals surface area contributed by atoms with E-state index in [1.165, 1.54) is 0 Å². The Morgan fingerprint density at radius 2 is 1.35 bits per heavy atom. The van der Waals surface area contributed by atoms with Crippen LogP contribution in [0.25, 0.3) is 0 Å². The maximum atomic E-state index is 11.9. The molecule has 3 aliphatic carbocycles. The van der Waals surface area contributed by atoms with Gasteiger partial charge in [-0.15, -0.1) is 0 Å². The molecule has 3 aliphatic rings. The van der Waals surface area contributed by atoms with Crippen molar-refractivity contribution in [1.29, 1.82) is 0 Å². The first-order valence-corrected chi connectivity index (χ1v) is 5.70. The molecule has 0 unspecified atom stereocenters. The molecule has 0 radical (unpaired) electrons. The number of carbonyl (C=O) groups excluding carboxylic acids is 2. The normalized spacial score (nSPS) is 41.1. The van der Waals surface area contributed by atoms with Gasteiger partial charge in [0, 0.05) is 37.9 Å². The van der Waals surface area contributed by atoms with Gasteiger partial charge in [0.15, 0.2) is 17.4 Å². The Morgan fingerprint density at radius 1 is 0.941 bits per heavy atom. The standard InChI is InChI=1S/C13H14O4/c1-16-13(17-2)7-3-5-9(14)11(7)12-8(13)4-6-10(12)15/h3-8,11-12H,1-2H3/t7-,8+,11-,12+. The van der Waals surface area contributed by atoms with Crippen LogP contribution in [-0.2, 0) is 19.1 Å². The molecule has 0 N–H and O–H groups in total. The monoisotopic (exact) mass is 234 g/mol. The van der Waals surface area contributed by atoms with Crippen LogP contribution in [0.3, 0.4) is 0 Å². The van der Waals surface area contributed by atoms with Crippen molar-refractivity contribution in [2.75, 3.05) is 14.2 Å². The van der Waals surface area contributed by atoms with Gasteiger partial charge in [-0.25, -0.2) is 0 Å². The van der Waals surface area contributed by atoms with E-state index in [9.17, 15) is 9.59 Å². The Hall–Kier alpha value is -1.26. The molecule has 17 heavy (non-hydrogen) atoms. The number of fused-ring (bicyclic) bond motifs is 3. The molecule has 0 bridgehead atoms. The van der Waals surface area contributed by atoms with Crippen molar-refractivity contribution in [2.45, 2.75) is 5.79 Å². The van der Waals surface area contributed by atoms with Gasteiger partial charge in [-0.2, -0.15) is 0 Å². The van der Waals surface area contributed by atoms with E-state index in [-0.39, 0.29) is 35.2 Å².